The van der Waals surface area contributed by atoms with Crippen molar-refractivity contribution in [3.8, 4) is 5.75 Å². The number of hydrogen-bond donors (Lipinski definition) is 1. The average Bonchev–Trinajstić information content (AvgIpc) is 3.51. The molecule has 0 aliphatic heterocycles. The quantitative estimate of drug-likeness (QED) is 0.250. The molecule has 6 heteroatoms. The number of unbranched alkanes of at least 4 members (excludes halogenated alkanes) is 1. The summed E-state index contributed by atoms with van der Waals surface area (Å²) in [5, 5.41) is 14.2. The molecule has 0 saturated carbocycles. The van der Waals surface area contributed by atoms with Crippen LogP contribution in [0.5, 0.6) is 5.75 Å². The molecule has 174 valence electrons. The number of hydrogen-bond acceptors (Lipinski definition) is 5. The molecule has 34 heavy (non-hydrogen) atoms. The summed E-state index contributed by atoms with van der Waals surface area (Å²) in [5.41, 5.74) is 2.37. The van der Waals surface area contributed by atoms with Gasteiger partial charge in [-0.05, 0) is 54.3 Å². The van der Waals surface area contributed by atoms with Gasteiger partial charge in [-0.2, -0.15) is 0 Å². The average molecular weight is 489 g/mol. The Morgan fingerprint density at radius 3 is 2.56 bits per heavy atom. The van der Waals surface area contributed by atoms with Crippen LogP contribution in [-0.4, -0.2) is 14.7 Å². The zero-order chi connectivity index (χ0) is 23.5. The van der Waals surface area contributed by atoms with Crippen LogP contribution in [0, 0.1) is 0 Å². The lowest BCUT2D eigenvalue weighted by atomic mass is 10.0. The minimum atomic E-state index is 0.0132. The third kappa shape index (κ3) is 4.52. The highest BCUT2D eigenvalue weighted by molar-refractivity contribution is 7.25. The molecule has 0 atom stereocenters. The second-order valence-electron chi connectivity index (χ2n) is 8.63. The molecule has 0 aliphatic carbocycles. The van der Waals surface area contributed by atoms with Gasteiger partial charge < -0.3 is 5.11 Å². The van der Waals surface area contributed by atoms with Crippen LogP contribution in [0.3, 0.4) is 0 Å². The highest BCUT2D eigenvalue weighted by atomic mass is 32.1. The van der Waals surface area contributed by atoms with Crippen molar-refractivity contribution >= 4 is 43.0 Å². The van der Waals surface area contributed by atoms with Gasteiger partial charge in [-0.15, -0.1) is 22.7 Å². The van der Waals surface area contributed by atoms with Gasteiger partial charge in [0.2, 0.25) is 0 Å². The first-order chi connectivity index (χ1) is 16.7. The van der Waals surface area contributed by atoms with Gasteiger partial charge in [0, 0.05) is 23.2 Å². The Morgan fingerprint density at radius 2 is 1.79 bits per heavy atom. The van der Waals surface area contributed by atoms with Gasteiger partial charge in [-0.3, -0.25) is 9.36 Å². The monoisotopic (exact) mass is 488 g/mol. The Bertz CT molecular complexity index is 1470. The fraction of sp³-hybridized carbons (Fsp3) is 0.286. The summed E-state index contributed by atoms with van der Waals surface area (Å²) in [6.07, 6.45) is 5.35. The molecule has 5 rings (SSSR count). The summed E-state index contributed by atoms with van der Waals surface area (Å²) < 4.78 is 2.66. The number of aromatic nitrogens is 2. The Morgan fingerprint density at radius 1 is 0.941 bits per heavy atom. The van der Waals surface area contributed by atoms with Crippen LogP contribution in [0.1, 0.15) is 41.6 Å². The first-order valence-corrected chi connectivity index (χ1v) is 13.6. The fourth-order valence-electron chi connectivity index (χ4n) is 4.53. The van der Waals surface area contributed by atoms with Gasteiger partial charge in [0.25, 0.3) is 5.56 Å². The predicted octanol–water partition coefficient (Wildman–Crippen LogP) is 6.75. The standard InChI is InChI=1S/C28H28N2O2S2/c1-2-3-10-20-13-14-22(31)26-24(20)25-27(34-26)29-23(15-12-19-8-5-4-6-9-19)30(28(25)32)17-16-21-11-7-18-33-21/h4-9,11,13-14,18,31H,2-3,10,12,15-17H2,1H3. The zero-order valence-corrected chi connectivity index (χ0v) is 20.9. The molecule has 0 spiro atoms. The maximum atomic E-state index is 14.0. The van der Waals surface area contributed by atoms with Crippen molar-refractivity contribution in [1.29, 1.82) is 0 Å². The number of rotatable bonds is 9. The molecule has 1 N–H and O–H groups in total. The van der Waals surface area contributed by atoms with Crippen molar-refractivity contribution in [3.05, 3.63) is 92.2 Å². The van der Waals surface area contributed by atoms with Crippen LogP contribution in [0.25, 0.3) is 20.3 Å². The van der Waals surface area contributed by atoms with Gasteiger partial charge in [-0.1, -0.05) is 55.8 Å². The molecule has 0 saturated heterocycles. The minimum Gasteiger partial charge on any atom is -0.506 e. The predicted molar refractivity (Wildman–Crippen MR) is 144 cm³/mol. The molecule has 3 aromatic heterocycles. The van der Waals surface area contributed by atoms with E-state index in [0.717, 1.165) is 58.4 Å². The number of fused-ring (bicyclic) bond motifs is 3. The van der Waals surface area contributed by atoms with Gasteiger partial charge in [0.1, 0.15) is 16.4 Å². The molecule has 0 unspecified atom stereocenters. The number of phenolic OH excluding ortho intramolecular Hbond substituents is 1. The van der Waals surface area contributed by atoms with Crippen LogP contribution in [0.15, 0.2) is 64.8 Å². The smallest absolute Gasteiger partial charge is 0.262 e. The number of aryl methyl sites for hydroxylation is 4. The van der Waals surface area contributed by atoms with Crippen LogP contribution in [-0.2, 0) is 32.2 Å². The van der Waals surface area contributed by atoms with E-state index in [1.807, 2.05) is 28.8 Å². The van der Waals surface area contributed by atoms with E-state index >= 15 is 0 Å². The maximum absolute atomic E-state index is 14.0. The summed E-state index contributed by atoms with van der Waals surface area (Å²) in [4.78, 5) is 21.0. The minimum absolute atomic E-state index is 0.0132. The second-order valence-corrected chi connectivity index (χ2v) is 10.7. The Labute approximate surface area is 207 Å². The van der Waals surface area contributed by atoms with E-state index in [0.29, 0.717) is 18.4 Å². The summed E-state index contributed by atoms with van der Waals surface area (Å²) >= 11 is 3.16. The summed E-state index contributed by atoms with van der Waals surface area (Å²) in [5.74, 6) is 1.05. The fourth-order valence-corrected chi connectivity index (χ4v) is 6.37. The highest BCUT2D eigenvalue weighted by Crippen LogP contribution is 2.39. The third-order valence-corrected chi connectivity index (χ3v) is 8.37. The SMILES string of the molecule is CCCCc1ccc(O)c2sc3nc(CCc4ccccc4)n(CCc4cccs4)c(=O)c3c12. The van der Waals surface area contributed by atoms with E-state index in [9.17, 15) is 9.90 Å². The van der Waals surface area contributed by atoms with Crippen molar-refractivity contribution in [2.24, 2.45) is 0 Å². The van der Waals surface area contributed by atoms with E-state index in [1.54, 1.807) is 17.4 Å². The molecular weight excluding hydrogens is 460 g/mol. The lowest BCUT2D eigenvalue weighted by Crippen LogP contribution is -2.26. The van der Waals surface area contributed by atoms with Crippen molar-refractivity contribution in [1.82, 2.24) is 9.55 Å². The van der Waals surface area contributed by atoms with Gasteiger partial charge in [0.05, 0.1) is 10.1 Å². The van der Waals surface area contributed by atoms with Crippen LogP contribution in [0.4, 0.5) is 0 Å². The third-order valence-electron chi connectivity index (χ3n) is 6.33. The molecule has 0 bridgehead atoms. The van der Waals surface area contributed by atoms with Gasteiger partial charge in [-0.25, -0.2) is 4.98 Å². The Kier molecular flexibility index (Phi) is 6.79. The summed E-state index contributed by atoms with van der Waals surface area (Å²) in [7, 11) is 0. The molecule has 0 amide bonds. The van der Waals surface area contributed by atoms with Crippen molar-refractivity contribution in [2.45, 2.75) is 52.0 Å². The van der Waals surface area contributed by atoms with Crippen LogP contribution in [0.2, 0.25) is 0 Å². The first kappa shape index (κ1) is 22.8. The summed E-state index contributed by atoms with van der Waals surface area (Å²) in [6.45, 7) is 2.77. The number of phenols is 1. The van der Waals surface area contributed by atoms with Crippen molar-refractivity contribution < 1.29 is 5.11 Å². The molecular formula is C28H28N2O2S2. The second kappa shape index (κ2) is 10.1. The molecule has 4 nitrogen and oxygen atoms in total. The first-order valence-electron chi connectivity index (χ1n) is 11.9. The number of benzene rings is 2. The lowest BCUT2D eigenvalue weighted by Gasteiger charge is -2.13. The van der Waals surface area contributed by atoms with Crippen LogP contribution >= 0.6 is 22.7 Å². The number of nitrogens with zero attached hydrogens (tertiary/aromatic N) is 2. The van der Waals surface area contributed by atoms with Crippen molar-refractivity contribution in [2.75, 3.05) is 0 Å². The molecule has 3 heterocycles. The van der Waals surface area contributed by atoms with Gasteiger partial charge in [0.15, 0.2) is 0 Å². The van der Waals surface area contributed by atoms with E-state index in [1.165, 1.54) is 21.8 Å². The van der Waals surface area contributed by atoms with E-state index in [-0.39, 0.29) is 11.3 Å². The highest BCUT2D eigenvalue weighted by Gasteiger charge is 2.20. The molecule has 2 aromatic carbocycles. The largest absolute Gasteiger partial charge is 0.506 e. The molecule has 5 aromatic rings. The maximum Gasteiger partial charge on any atom is 0.262 e. The van der Waals surface area contributed by atoms with E-state index in [4.69, 9.17) is 4.98 Å². The Hall–Kier alpha value is -2.96. The molecule has 0 aliphatic rings. The Balaban J connectivity index is 1.64. The topological polar surface area (TPSA) is 55.1 Å². The molecule has 0 fully saturated rings. The van der Waals surface area contributed by atoms with Gasteiger partial charge >= 0.3 is 0 Å². The van der Waals surface area contributed by atoms with E-state index in [2.05, 4.69) is 36.6 Å². The number of aromatic hydroxyl groups is 1. The zero-order valence-electron chi connectivity index (χ0n) is 19.3. The molecule has 0 radical (unpaired) electrons. The summed E-state index contributed by atoms with van der Waals surface area (Å²) in [6, 6.07) is 18.2. The normalized spacial score (nSPS) is 11.6. The van der Waals surface area contributed by atoms with Crippen LogP contribution < -0.4 is 5.56 Å². The number of thiophene rings is 2. The van der Waals surface area contributed by atoms with Crippen molar-refractivity contribution in [3.63, 3.8) is 0 Å². The lowest BCUT2D eigenvalue weighted by molar-refractivity contribution is 0.482. The van der Waals surface area contributed by atoms with E-state index < -0.39 is 0 Å².